The molecule has 0 atom stereocenters. The van der Waals surface area contributed by atoms with Crippen LogP contribution in [-0.4, -0.2) is 10.7 Å². The molecule has 72 valence electrons. The Morgan fingerprint density at radius 3 is 2.00 bits per heavy atom. The van der Waals surface area contributed by atoms with Crippen LogP contribution < -0.4 is 0 Å². The molecule has 1 fully saturated rings. The van der Waals surface area contributed by atoms with Crippen LogP contribution in [0.25, 0.3) is 0 Å². The summed E-state index contributed by atoms with van der Waals surface area (Å²) < 4.78 is 0. The standard InChI is InChI=1S/C11H22O/c1-4-9-5-7-10(8-6-9)11(2,3)12/h9-10,12H,4-8H2,1-3H3. The molecule has 1 aliphatic rings. The summed E-state index contributed by atoms with van der Waals surface area (Å²) in [5.41, 5.74) is -0.446. The summed E-state index contributed by atoms with van der Waals surface area (Å²) in [6.45, 7) is 6.17. The summed E-state index contributed by atoms with van der Waals surface area (Å²) in [5.74, 6) is 1.48. The van der Waals surface area contributed by atoms with E-state index in [4.69, 9.17) is 0 Å². The molecule has 0 aromatic heterocycles. The van der Waals surface area contributed by atoms with Crippen LogP contribution in [0.4, 0.5) is 0 Å². The zero-order valence-corrected chi connectivity index (χ0v) is 8.64. The molecule has 0 heterocycles. The molecule has 1 saturated carbocycles. The monoisotopic (exact) mass is 170 g/mol. The first kappa shape index (κ1) is 10.0. The minimum atomic E-state index is -0.446. The maximum absolute atomic E-state index is 9.80. The van der Waals surface area contributed by atoms with Gasteiger partial charge in [0.05, 0.1) is 5.60 Å². The van der Waals surface area contributed by atoms with E-state index in [0.717, 1.165) is 5.92 Å². The van der Waals surface area contributed by atoms with Gasteiger partial charge in [0.15, 0.2) is 0 Å². The first-order chi connectivity index (χ1) is 5.54. The molecule has 1 heteroatoms. The minimum absolute atomic E-state index is 0.446. The third-order valence-electron chi connectivity index (χ3n) is 3.42. The Morgan fingerprint density at radius 2 is 1.67 bits per heavy atom. The van der Waals surface area contributed by atoms with Gasteiger partial charge in [-0.2, -0.15) is 0 Å². The van der Waals surface area contributed by atoms with Gasteiger partial charge in [-0.1, -0.05) is 26.2 Å². The highest BCUT2D eigenvalue weighted by molar-refractivity contribution is 4.82. The minimum Gasteiger partial charge on any atom is -0.390 e. The fourth-order valence-corrected chi connectivity index (χ4v) is 2.28. The van der Waals surface area contributed by atoms with E-state index in [2.05, 4.69) is 6.92 Å². The van der Waals surface area contributed by atoms with Gasteiger partial charge in [0.25, 0.3) is 0 Å². The molecule has 0 aromatic carbocycles. The maximum atomic E-state index is 9.80. The van der Waals surface area contributed by atoms with Crippen molar-refractivity contribution in [1.29, 1.82) is 0 Å². The summed E-state index contributed by atoms with van der Waals surface area (Å²) >= 11 is 0. The third kappa shape index (κ3) is 2.48. The Kier molecular flexibility index (Phi) is 3.16. The molecule has 0 spiro atoms. The van der Waals surface area contributed by atoms with Crippen LogP contribution in [0.1, 0.15) is 52.9 Å². The largest absolute Gasteiger partial charge is 0.390 e. The number of rotatable bonds is 2. The van der Waals surface area contributed by atoms with Crippen LogP contribution >= 0.6 is 0 Å². The van der Waals surface area contributed by atoms with Crippen LogP contribution in [0.2, 0.25) is 0 Å². The molecular weight excluding hydrogens is 148 g/mol. The van der Waals surface area contributed by atoms with E-state index in [1.54, 1.807) is 0 Å². The summed E-state index contributed by atoms with van der Waals surface area (Å²) in [5, 5.41) is 9.80. The first-order valence-corrected chi connectivity index (χ1v) is 5.26. The van der Waals surface area contributed by atoms with Gasteiger partial charge in [0.2, 0.25) is 0 Å². The van der Waals surface area contributed by atoms with Crippen molar-refractivity contribution in [3.63, 3.8) is 0 Å². The van der Waals surface area contributed by atoms with E-state index < -0.39 is 5.60 Å². The second kappa shape index (κ2) is 3.78. The van der Waals surface area contributed by atoms with Crippen LogP contribution in [-0.2, 0) is 0 Å². The van der Waals surface area contributed by atoms with E-state index in [1.807, 2.05) is 13.8 Å². The van der Waals surface area contributed by atoms with Gasteiger partial charge in [-0.15, -0.1) is 0 Å². The highest BCUT2D eigenvalue weighted by Crippen LogP contribution is 2.36. The molecule has 0 amide bonds. The SMILES string of the molecule is CCC1CCC(C(C)(C)O)CC1. The van der Waals surface area contributed by atoms with E-state index in [-0.39, 0.29) is 0 Å². The van der Waals surface area contributed by atoms with Crippen molar-refractivity contribution in [3.05, 3.63) is 0 Å². The second-order valence-electron chi connectivity index (χ2n) is 4.78. The molecule has 0 saturated heterocycles. The van der Waals surface area contributed by atoms with E-state index >= 15 is 0 Å². The van der Waals surface area contributed by atoms with Gasteiger partial charge in [-0.3, -0.25) is 0 Å². The van der Waals surface area contributed by atoms with Gasteiger partial charge in [0.1, 0.15) is 0 Å². The molecule has 1 N–H and O–H groups in total. The van der Waals surface area contributed by atoms with E-state index in [1.165, 1.54) is 32.1 Å². The zero-order valence-electron chi connectivity index (χ0n) is 8.64. The third-order valence-corrected chi connectivity index (χ3v) is 3.42. The molecule has 12 heavy (non-hydrogen) atoms. The molecule has 1 aliphatic carbocycles. The lowest BCUT2D eigenvalue weighted by Crippen LogP contribution is -2.33. The number of hydrogen-bond acceptors (Lipinski definition) is 1. The summed E-state index contributed by atoms with van der Waals surface area (Å²) in [6.07, 6.45) is 6.42. The van der Waals surface area contributed by atoms with E-state index in [9.17, 15) is 5.11 Å². The van der Waals surface area contributed by atoms with Gasteiger partial charge < -0.3 is 5.11 Å². The molecule has 0 radical (unpaired) electrons. The normalized spacial score (nSPS) is 32.0. The highest BCUT2D eigenvalue weighted by atomic mass is 16.3. The van der Waals surface area contributed by atoms with Crippen molar-refractivity contribution in [1.82, 2.24) is 0 Å². The molecular formula is C11H22O. The topological polar surface area (TPSA) is 20.2 Å². The van der Waals surface area contributed by atoms with Gasteiger partial charge in [-0.05, 0) is 38.5 Å². The van der Waals surface area contributed by atoms with Crippen LogP contribution in [0.15, 0.2) is 0 Å². The average molecular weight is 170 g/mol. The van der Waals surface area contributed by atoms with Crippen molar-refractivity contribution >= 4 is 0 Å². The van der Waals surface area contributed by atoms with Crippen molar-refractivity contribution < 1.29 is 5.11 Å². The lowest BCUT2D eigenvalue weighted by molar-refractivity contribution is -0.00603. The summed E-state index contributed by atoms with van der Waals surface area (Å²) in [6, 6.07) is 0. The van der Waals surface area contributed by atoms with Crippen molar-refractivity contribution in [2.75, 3.05) is 0 Å². The fourth-order valence-electron chi connectivity index (χ4n) is 2.28. The predicted octanol–water partition coefficient (Wildman–Crippen LogP) is 2.97. The lowest BCUT2D eigenvalue weighted by atomic mass is 9.74. The highest BCUT2D eigenvalue weighted by Gasteiger charge is 2.30. The van der Waals surface area contributed by atoms with E-state index in [0.29, 0.717) is 5.92 Å². The maximum Gasteiger partial charge on any atom is 0.0619 e. The molecule has 1 nitrogen and oxygen atoms in total. The first-order valence-electron chi connectivity index (χ1n) is 5.26. The van der Waals surface area contributed by atoms with Gasteiger partial charge in [0, 0.05) is 0 Å². The zero-order chi connectivity index (χ0) is 9.19. The number of aliphatic hydroxyl groups is 1. The quantitative estimate of drug-likeness (QED) is 0.675. The summed E-state index contributed by atoms with van der Waals surface area (Å²) in [4.78, 5) is 0. The fraction of sp³-hybridized carbons (Fsp3) is 1.00. The second-order valence-corrected chi connectivity index (χ2v) is 4.78. The molecule has 0 unspecified atom stereocenters. The smallest absolute Gasteiger partial charge is 0.0619 e. The lowest BCUT2D eigenvalue weighted by Gasteiger charge is -2.35. The van der Waals surface area contributed by atoms with Crippen LogP contribution in [0, 0.1) is 11.8 Å². The molecule has 1 rings (SSSR count). The van der Waals surface area contributed by atoms with Crippen molar-refractivity contribution in [2.45, 2.75) is 58.5 Å². The van der Waals surface area contributed by atoms with Gasteiger partial charge in [-0.25, -0.2) is 0 Å². The Balaban J connectivity index is 2.36. The molecule has 0 aromatic rings. The Hall–Kier alpha value is -0.0400. The predicted molar refractivity (Wildman–Crippen MR) is 52.0 cm³/mol. The summed E-state index contributed by atoms with van der Waals surface area (Å²) in [7, 11) is 0. The number of hydrogen-bond donors (Lipinski definition) is 1. The Labute approximate surface area is 76.2 Å². The Bertz CT molecular complexity index is 126. The Morgan fingerprint density at radius 1 is 1.17 bits per heavy atom. The van der Waals surface area contributed by atoms with Gasteiger partial charge >= 0.3 is 0 Å². The molecule has 0 bridgehead atoms. The molecule has 0 aliphatic heterocycles. The average Bonchev–Trinajstić information content (AvgIpc) is 2.03. The van der Waals surface area contributed by atoms with Crippen LogP contribution in [0.5, 0.6) is 0 Å². The van der Waals surface area contributed by atoms with Crippen molar-refractivity contribution in [2.24, 2.45) is 11.8 Å². The van der Waals surface area contributed by atoms with Crippen LogP contribution in [0.3, 0.4) is 0 Å². The van der Waals surface area contributed by atoms with Crippen molar-refractivity contribution in [3.8, 4) is 0 Å².